The van der Waals surface area contributed by atoms with Crippen LogP contribution in [0.2, 0.25) is 0 Å². The topological polar surface area (TPSA) is 31.0 Å². The van der Waals surface area contributed by atoms with Crippen molar-refractivity contribution in [1.82, 2.24) is 9.55 Å². The van der Waals surface area contributed by atoms with Crippen LogP contribution in [0, 0.1) is 0 Å². The molecule has 0 radical (unpaired) electrons. The number of hydrogen-bond donors (Lipinski definition) is 0. The van der Waals surface area contributed by atoms with Gasteiger partial charge >= 0.3 is 0 Å². The second kappa shape index (κ2) is 12.4. The van der Waals surface area contributed by atoms with Crippen LogP contribution in [0.15, 0.2) is 132 Å². The third kappa shape index (κ3) is 5.33. The Kier molecular flexibility index (Phi) is 7.63. The molecule has 0 aliphatic carbocycles. The molecule has 10 aromatic rings. The molecule has 0 fully saturated rings. The highest BCUT2D eigenvalue weighted by Crippen LogP contribution is 2.46. The van der Waals surface area contributed by atoms with Gasteiger partial charge in [-0.3, -0.25) is 4.57 Å². The van der Waals surface area contributed by atoms with Gasteiger partial charge in [-0.05, 0) is 109 Å². The Hall–Kier alpha value is -5.71. The van der Waals surface area contributed by atoms with E-state index in [1.54, 1.807) is 0 Å². The highest BCUT2D eigenvalue weighted by atomic mass is 32.1. The Labute approximate surface area is 325 Å². The van der Waals surface area contributed by atoms with E-state index >= 15 is 0 Å². The van der Waals surface area contributed by atoms with Crippen molar-refractivity contribution in [3.05, 3.63) is 143 Å². The van der Waals surface area contributed by atoms with Gasteiger partial charge in [-0.1, -0.05) is 133 Å². The molecule has 7 aromatic carbocycles. The predicted molar refractivity (Wildman–Crippen MR) is 236 cm³/mol. The molecular weight excluding hydrogens is 689 g/mol. The first-order valence-electron chi connectivity index (χ1n) is 19.5. The van der Waals surface area contributed by atoms with E-state index in [-0.39, 0.29) is 17.3 Å². The average Bonchev–Trinajstić information content (AvgIpc) is 3.90. The van der Waals surface area contributed by atoms with E-state index in [0.29, 0.717) is 0 Å². The van der Waals surface area contributed by atoms with Crippen molar-refractivity contribution < 1.29 is 4.42 Å². The third-order valence-corrected chi connectivity index (χ3v) is 13.0. The molecule has 4 heteroatoms. The number of aromatic nitrogens is 2. The van der Waals surface area contributed by atoms with Gasteiger partial charge in [-0.25, -0.2) is 4.98 Å². The average molecular weight is 733 g/mol. The number of thiophene rings is 1. The molecular formula is C51H44N2OS. The van der Waals surface area contributed by atoms with Gasteiger partial charge in [0, 0.05) is 15.6 Å². The van der Waals surface area contributed by atoms with Crippen molar-refractivity contribution in [2.24, 2.45) is 0 Å². The molecule has 0 saturated heterocycles. The van der Waals surface area contributed by atoms with E-state index in [9.17, 15) is 0 Å². The summed E-state index contributed by atoms with van der Waals surface area (Å²) in [5.41, 5.74) is 11.3. The molecule has 0 aliphatic rings. The summed E-state index contributed by atoms with van der Waals surface area (Å²) in [5.74, 6) is 1.43. The van der Waals surface area contributed by atoms with Crippen molar-refractivity contribution in [2.75, 3.05) is 0 Å². The molecule has 0 spiro atoms. The largest absolute Gasteiger partial charge is 0.455 e. The number of rotatable bonds is 5. The van der Waals surface area contributed by atoms with Crippen LogP contribution in [0.25, 0.3) is 92.8 Å². The number of para-hydroxylation sites is 1. The van der Waals surface area contributed by atoms with Crippen molar-refractivity contribution in [3.63, 3.8) is 0 Å². The lowest BCUT2D eigenvalue weighted by Crippen LogP contribution is -2.09. The van der Waals surface area contributed by atoms with Crippen LogP contribution >= 0.6 is 11.3 Å². The number of benzene rings is 7. The van der Waals surface area contributed by atoms with E-state index in [1.807, 2.05) is 11.3 Å². The summed E-state index contributed by atoms with van der Waals surface area (Å²) in [5, 5.41) is 8.36. The summed E-state index contributed by atoms with van der Waals surface area (Å²) < 4.78 is 10.8. The van der Waals surface area contributed by atoms with E-state index in [4.69, 9.17) is 9.40 Å². The Morgan fingerprint density at radius 3 is 2.04 bits per heavy atom. The summed E-state index contributed by atoms with van der Waals surface area (Å²) in [6, 6.07) is 46.7. The number of hydrogen-bond acceptors (Lipinski definition) is 3. The van der Waals surface area contributed by atoms with Crippen LogP contribution in [0.5, 0.6) is 0 Å². The Morgan fingerprint density at radius 2 is 1.29 bits per heavy atom. The van der Waals surface area contributed by atoms with E-state index in [2.05, 4.69) is 180 Å². The molecule has 270 valence electrons. The van der Waals surface area contributed by atoms with Crippen molar-refractivity contribution in [3.8, 4) is 28.2 Å². The Morgan fingerprint density at radius 1 is 0.600 bits per heavy atom. The fourth-order valence-electron chi connectivity index (χ4n) is 8.51. The molecule has 0 aliphatic heterocycles. The smallest absolute Gasteiger partial charge is 0.149 e. The normalized spacial score (nSPS) is 12.6. The lowest BCUT2D eigenvalue weighted by atomic mass is 9.88. The van der Waals surface area contributed by atoms with Gasteiger partial charge in [-0.2, -0.15) is 0 Å². The van der Waals surface area contributed by atoms with Crippen molar-refractivity contribution >= 4 is 75.9 Å². The van der Waals surface area contributed by atoms with Gasteiger partial charge in [0.25, 0.3) is 0 Å². The molecule has 0 saturated carbocycles. The Balaban J connectivity index is 1.33. The minimum atomic E-state index is 0.0297. The molecule has 0 amide bonds. The standard InChI is InChI=1S/C51H44N2OS/c1-29(2)39-25-35(31-14-9-8-10-15-31)26-40(30(3)4)46(39)53-47-43(23-22-34-27-45(51(5,6)7)55-49(34)47)52-50(53)38-19-13-18-37-42-24-33-21-20-32-16-11-12-17-36(32)41(33)28-44(42)54-48(37)38/h8-30H,1-7H3. The molecule has 0 atom stereocenters. The van der Waals surface area contributed by atoms with Crippen LogP contribution in [0.4, 0.5) is 0 Å². The quantitative estimate of drug-likeness (QED) is 0.165. The maximum atomic E-state index is 7.00. The molecule has 3 nitrogen and oxygen atoms in total. The third-order valence-electron chi connectivity index (χ3n) is 11.4. The summed E-state index contributed by atoms with van der Waals surface area (Å²) in [6.45, 7) is 16.2. The maximum absolute atomic E-state index is 7.00. The van der Waals surface area contributed by atoms with Gasteiger partial charge in [0.05, 0.1) is 27.0 Å². The zero-order valence-corrected chi connectivity index (χ0v) is 33.3. The van der Waals surface area contributed by atoms with Crippen LogP contribution in [0.1, 0.15) is 76.3 Å². The minimum Gasteiger partial charge on any atom is -0.455 e. The summed E-state index contributed by atoms with van der Waals surface area (Å²) in [6.07, 6.45) is 0. The van der Waals surface area contributed by atoms with Crippen LogP contribution < -0.4 is 0 Å². The van der Waals surface area contributed by atoms with Crippen LogP contribution in [0.3, 0.4) is 0 Å². The molecule has 0 N–H and O–H groups in total. The monoisotopic (exact) mass is 732 g/mol. The van der Waals surface area contributed by atoms with Gasteiger partial charge < -0.3 is 4.42 Å². The zero-order chi connectivity index (χ0) is 37.7. The van der Waals surface area contributed by atoms with Gasteiger partial charge in [0.15, 0.2) is 0 Å². The highest BCUT2D eigenvalue weighted by molar-refractivity contribution is 7.20. The molecule has 0 unspecified atom stereocenters. The molecule has 0 bridgehead atoms. The fraction of sp³-hybridized carbons (Fsp3) is 0.196. The van der Waals surface area contributed by atoms with Gasteiger partial charge in [-0.15, -0.1) is 11.3 Å². The van der Waals surface area contributed by atoms with E-state index in [0.717, 1.165) is 44.4 Å². The second-order valence-corrected chi connectivity index (χ2v) is 17.9. The second-order valence-electron chi connectivity index (χ2n) is 16.8. The number of nitrogens with zero attached hydrogens (tertiary/aromatic N) is 2. The van der Waals surface area contributed by atoms with E-state index in [1.165, 1.54) is 64.4 Å². The number of fused-ring (bicyclic) bond motifs is 9. The molecule has 3 aromatic heterocycles. The fourth-order valence-corrected chi connectivity index (χ4v) is 9.76. The van der Waals surface area contributed by atoms with Crippen molar-refractivity contribution in [1.29, 1.82) is 0 Å². The minimum absolute atomic E-state index is 0.0297. The number of imidazole rings is 1. The van der Waals surface area contributed by atoms with Gasteiger partial charge in [0.2, 0.25) is 0 Å². The summed E-state index contributed by atoms with van der Waals surface area (Å²) >= 11 is 1.90. The molecule has 3 heterocycles. The SMILES string of the molecule is CC(C)c1cc(-c2ccccc2)cc(C(C)C)c1-n1c(-c2cccc3c2oc2cc4c(ccc5ccccc54)cc23)nc2ccc3cc(C(C)(C)C)sc3c21. The molecule has 10 rings (SSSR count). The summed E-state index contributed by atoms with van der Waals surface area (Å²) in [7, 11) is 0. The lowest BCUT2D eigenvalue weighted by Gasteiger charge is -2.24. The first-order chi connectivity index (χ1) is 26.5. The lowest BCUT2D eigenvalue weighted by molar-refractivity contribution is 0.604. The predicted octanol–water partition coefficient (Wildman–Crippen LogP) is 15.3. The molecule has 55 heavy (non-hydrogen) atoms. The van der Waals surface area contributed by atoms with Gasteiger partial charge in [0.1, 0.15) is 17.0 Å². The highest BCUT2D eigenvalue weighted by Gasteiger charge is 2.28. The maximum Gasteiger partial charge on any atom is 0.149 e. The van der Waals surface area contributed by atoms with Crippen molar-refractivity contribution in [2.45, 2.75) is 65.7 Å². The first-order valence-corrected chi connectivity index (χ1v) is 20.3. The van der Waals surface area contributed by atoms with E-state index < -0.39 is 0 Å². The number of furan rings is 1. The Bertz CT molecular complexity index is 3100. The summed E-state index contributed by atoms with van der Waals surface area (Å²) in [4.78, 5) is 6.96. The van der Waals surface area contributed by atoms with Crippen LogP contribution in [-0.4, -0.2) is 9.55 Å². The zero-order valence-electron chi connectivity index (χ0n) is 32.5. The first kappa shape index (κ1) is 33.8. The van der Waals surface area contributed by atoms with Crippen LogP contribution in [-0.2, 0) is 5.41 Å².